The number of rotatable bonds is 4. The van der Waals surface area contributed by atoms with Crippen LogP contribution >= 0.6 is 0 Å². The predicted octanol–water partition coefficient (Wildman–Crippen LogP) is 1.62. The molecule has 2 aromatic carbocycles. The molecule has 1 amide bonds. The van der Waals surface area contributed by atoms with E-state index in [0.29, 0.717) is 11.3 Å². The van der Waals surface area contributed by atoms with Crippen LogP contribution in [0.15, 0.2) is 59.9 Å². The highest BCUT2D eigenvalue weighted by atomic mass is 32.2. The Labute approximate surface area is 177 Å². The Bertz CT molecular complexity index is 1380. The van der Waals surface area contributed by atoms with Gasteiger partial charge in [0, 0.05) is 30.1 Å². The van der Waals surface area contributed by atoms with Crippen molar-refractivity contribution in [1.82, 2.24) is 15.3 Å². The molecule has 3 aromatic rings. The number of carboxylic acids is 1. The first kappa shape index (κ1) is 20.1. The van der Waals surface area contributed by atoms with Crippen LogP contribution in [0, 0.1) is 11.8 Å². The van der Waals surface area contributed by atoms with Gasteiger partial charge in [0.15, 0.2) is 0 Å². The average molecular weight is 434 g/mol. The molecule has 0 fully saturated rings. The van der Waals surface area contributed by atoms with Crippen molar-refractivity contribution in [3.8, 4) is 11.8 Å². The Kier molecular flexibility index (Phi) is 5.10. The minimum absolute atomic E-state index is 0.0246. The lowest BCUT2D eigenvalue weighted by Crippen LogP contribution is -2.16. The van der Waals surface area contributed by atoms with Crippen LogP contribution in [0.3, 0.4) is 0 Å². The first-order chi connectivity index (χ1) is 14.8. The zero-order chi connectivity index (χ0) is 22.0. The maximum Gasteiger partial charge on any atom is 0.336 e. The second-order valence-electron chi connectivity index (χ2n) is 6.48. The number of benzene rings is 2. The highest BCUT2D eigenvalue weighted by Gasteiger charge is 2.29. The maximum absolute atomic E-state index is 12.9. The molecule has 0 atom stereocenters. The number of fused-ring (bicyclic) bond motifs is 1. The lowest BCUT2D eigenvalue weighted by Gasteiger charge is -2.12. The van der Waals surface area contributed by atoms with Crippen LogP contribution in [0.5, 0.6) is 0 Å². The number of aromatic nitrogens is 2. The van der Waals surface area contributed by atoms with Crippen molar-refractivity contribution >= 4 is 27.6 Å². The van der Waals surface area contributed by atoms with Crippen molar-refractivity contribution < 1.29 is 23.1 Å². The van der Waals surface area contributed by atoms with E-state index in [9.17, 15) is 23.1 Å². The van der Waals surface area contributed by atoms with Gasteiger partial charge in [0.2, 0.25) is 0 Å². The molecule has 0 aliphatic carbocycles. The third kappa shape index (κ3) is 4.08. The highest BCUT2D eigenvalue weighted by Crippen LogP contribution is 2.29. The summed E-state index contributed by atoms with van der Waals surface area (Å²) < 4.78 is 28.3. The average Bonchev–Trinajstić information content (AvgIpc) is 3.15. The largest absolute Gasteiger partial charge is 0.478 e. The Morgan fingerprint density at radius 3 is 2.74 bits per heavy atom. The molecule has 3 N–H and O–H groups in total. The number of carbonyl (C=O) groups is 2. The van der Waals surface area contributed by atoms with Gasteiger partial charge in [-0.05, 0) is 36.3 Å². The molecule has 154 valence electrons. The number of carboxylic acid groups (broad SMARTS) is 1. The molecule has 0 spiro atoms. The molecule has 0 bridgehead atoms. The molecule has 10 heteroatoms. The minimum atomic E-state index is -4.02. The van der Waals surface area contributed by atoms with Crippen molar-refractivity contribution in [1.29, 1.82) is 0 Å². The van der Waals surface area contributed by atoms with E-state index in [1.165, 1.54) is 42.9 Å². The first-order valence-electron chi connectivity index (χ1n) is 8.93. The van der Waals surface area contributed by atoms with Gasteiger partial charge in [0.25, 0.3) is 15.9 Å². The van der Waals surface area contributed by atoms with Gasteiger partial charge in [0.1, 0.15) is 5.69 Å². The fourth-order valence-electron chi connectivity index (χ4n) is 3.07. The number of anilines is 1. The van der Waals surface area contributed by atoms with Crippen LogP contribution in [-0.4, -0.2) is 35.4 Å². The smallest absolute Gasteiger partial charge is 0.336 e. The Balaban J connectivity index is 1.66. The lowest BCUT2D eigenvalue weighted by atomic mass is 10.0. The van der Waals surface area contributed by atoms with Crippen LogP contribution in [-0.2, 0) is 16.6 Å². The first-order valence-corrected chi connectivity index (χ1v) is 10.4. The molecule has 0 unspecified atom stereocenters. The number of hydrogen-bond donors (Lipinski definition) is 3. The third-order valence-electron chi connectivity index (χ3n) is 4.48. The zero-order valence-electron chi connectivity index (χ0n) is 15.8. The quantitative estimate of drug-likeness (QED) is 0.530. The summed E-state index contributed by atoms with van der Waals surface area (Å²) in [5, 5.41) is 11.8. The second-order valence-corrected chi connectivity index (χ2v) is 8.16. The normalized spacial score (nSPS) is 12.3. The van der Waals surface area contributed by atoms with Crippen LogP contribution in [0.25, 0.3) is 0 Å². The van der Waals surface area contributed by atoms with E-state index in [0.717, 1.165) is 0 Å². The zero-order valence-corrected chi connectivity index (χ0v) is 16.6. The van der Waals surface area contributed by atoms with Gasteiger partial charge < -0.3 is 10.4 Å². The molecule has 0 saturated heterocycles. The number of hydrogen-bond acceptors (Lipinski definition) is 6. The SMILES string of the molecule is O=C(O)c1ccc(NS(=O)(=O)c2cccc(C#Cc3cnccn3)c2)c2c1C(=O)NC2. The van der Waals surface area contributed by atoms with E-state index in [-0.39, 0.29) is 33.8 Å². The van der Waals surface area contributed by atoms with Gasteiger partial charge in [-0.25, -0.2) is 18.2 Å². The summed E-state index contributed by atoms with van der Waals surface area (Å²) in [7, 11) is -4.02. The summed E-state index contributed by atoms with van der Waals surface area (Å²) in [4.78, 5) is 31.3. The number of aromatic carboxylic acids is 1. The third-order valence-corrected chi connectivity index (χ3v) is 5.85. The van der Waals surface area contributed by atoms with E-state index < -0.39 is 21.9 Å². The van der Waals surface area contributed by atoms with E-state index in [4.69, 9.17) is 0 Å². The molecule has 2 heterocycles. The summed E-state index contributed by atoms with van der Waals surface area (Å²) in [5.41, 5.74) is 1.09. The Morgan fingerprint density at radius 1 is 1.16 bits per heavy atom. The van der Waals surface area contributed by atoms with Crippen LogP contribution < -0.4 is 10.0 Å². The van der Waals surface area contributed by atoms with Crippen molar-refractivity contribution in [2.24, 2.45) is 0 Å². The summed E-state index contributed by atoms with van der Waals surface area (Å²) in [6.45, 7) is 0.0246. The molecule has 1 aliphatic heterocycles. The molecule has 1 aromatic heterocycles. The molecular formula is C21H14N4O5S. The van der Waals surface area contributed by atoms with Crippen molar-refractivity contribution in [3.05, 3.63) is 82.9 Å². The standard InChI is InChI=1S/C21H14N4O5S/c26-20-19-16(21(27)28)6-7-18(17(19)12-24-20)25-31(29,30)15-3-1-2-13(10-15)4-5-14-11-22-8-9-23-14/h1-3,6-11,25H,12H2,(H,24,26)(H,27,28). The monoisotopic (exact) mass is 434 g/mol. The van der Waals surface area contributed by atoms with Gasteiger partial charge in [-0.2, -0.15) is 0 Å². The topological polar surface area (TPSA) is 138 Å². The van der Waals surface area contributed by atoms with Crippen LogP contribution in [0.4, 0.5) is 5.69 Å². The summed E-state index contributed by atoms with van der Waals surface area (Å²) in [5.74, 6) is 3.82. The lowest BCUT2D eigenvalue weighted by molar-refractivity contribution is 0.0692. The fraction of sp³-hybridized carbons (Fsp3) is 0.0476. The molecular weight excluding hydrogens is 420 g/mol. The van der Waals surface area contributed by atoms with E-state index in [1.807, 2.05) is 0 Å². The number of sulfonamides is 1. The van der Waals surface area contributed by atoms with E-state index in [2.05, 4.69) is 31.8 Å². The minimum Gasteiger partial charge on any atom is -0.478 e. The molecule has 0 radical (unpaired) electrons. The van der Waals surface area contributed by atoms with Crippen LogP contribution in [0.2, 0.25) is 0 Å². The number of carbonyl (C=O) groups excluding carboxylic acids is 1. The summed E-state index contributed by atoms with van der Waals surface area (Å²) >= 11 is 0. The van der Waals surface area contributed by atoms with Crippen molar-refractivity contribution in [3.63, 3.8) is 0 Å². The van der Waals surface area contributed by atoms with Gasteiger partial charge in [0.05, 0.1) is 27.9 Å². The van der Waals surface area contributed by atoms with E-state index >= 15 is 0 Å². The molecule has 0 saturated carbocycles. The molecule has 1 aliphatic rings. The second kappa shape index (κ2) is 7.89. The van der Waals surface area contributed by atoms with Crippen molar-refractivity contribution in [2.75, 3.05) is 4.72 Å². The van der Waals surface area contributed by atoms with E-state index in [1.54, 1.807) is 12.1 Å². The predicted molar refractivity (Wildman–Crippen MR) is 110 cm³/mol. The Hall–Kier alpha value is -4.23. The van der Waals surface area contributed by atoms with Gasteiger partial charge in [-0.1, -0.05) is 12.0 Å². The van der Waals surface area contributed by atoms with Gasteiger partial charge in [-0.3, -0.25) is 14.5 Å². The van der Waals surface area contributed by atoms with Gasteiger partial charge in [-0.15, -0.1) is 0 Å². The molecule has 4 rings (SSSR count). The number of nitrogens with zero attached hydrogens (tertiary/aromatic N) is 2. The van der Waals surface area contributed by atoms with Crippen LogP contribution in [0.1, 0.15) is 37.5 Å². The molecule has 31 heavy (non-hydrogen) atoms. The number of amides is 1. The number of nitrogens with one attached hydrogen (secondary N) is 2. The summed E-state index contributed by atoms with van der Waals surface area (Å²) in [6, 6.07) is 8.55. The van der Waals surface area contributed by atoms with Crippen molar-refractivity contribution in [2.45, 2.75) is 11.4 Å². The molecule has 9 nitrogen and oxygen atoms in total. The summed E-state index contributed by atoms with van der Waals surface area (Å²) in [6.07, 6.45) is 4.52. The Morgan fingerprint density at radius 2 is 2.00 bits per heavy atom. The van der Waals surface area contributed by atoms with Gasteiger partial charge >= 0.3 is 5.97 Å². The fourth-order valence-corrected chi connectivity index (χ4v) is 4.20. The highest BCUT2D eigenvalue weighted by molar-refractivity contribution is 7.92. The maximum atomic E-state index is 12.9.